The van der Waals surface area contributed by atoms with Crippen molar-refractivity contribution in [2.75, 3.05) is 28.4 Å². The third kappa shape index (κ3) is 2.60. The van der Waals surface area contributed by atoms with Gasteiger partial charge in [-0.05, 0) is 11.8 Å². The van der Waals surface area contributed by atoms with E-state index in [4.69, 9.17) is 112 Å². The molecule has 8 bridgehead atoms. The van der Waals surface area contributed by atoms with Gasteiger partial charge < -0.3 is 18.9 Å². The number of rotatable bonds is 4. The molecule has 246 valence electrons. The molecular formula is C32H26Cl8O6. The molecule has 0 saturated heterocycles. The maximum atomic E-state index is 15.1. The molecule has 0 aromatic rings. The van der Waals surface area contributed by atoms with E-state index in [2.05, 4.69) is 0 Å². The summed E-state index contributed by atoms with van der Waals surface area (Å²) in [5, 5.41) is 0.470. The molecule has 0 aromatic heterocycles. The molecule has 0 amide bonds. The van der Waals surface area contributed by atoms with E-state index in [0.717, 1.165) is 0 Å². The SMILES string of the molecule is COC1(OC)[C@@]2(Cl)C(Cl)=C(Cl)[C@]1(Cl)[C@@H]1[C@@H]3C=C[C@@H]([C@H]4C(=O)C5=C(C(=O)[C@@H]34)[C@H]3C=C[C@@H]5[C@H]4[C@@H]3[C@@]3(Cl)C(Cl)=C(Cl)[C@]4(Cl)C3(OC)OC)[C@@H]12. The number of carbonyl (C=O) groups excluding carboxylic acids is 2. The summed E-state index contributed by atoms with van der Waals surface area (Å²) in [5.41, 5.74) is 0.840. The minimum absolute atomic E-state index is 0.112. The normalized spacial score (nSPS) is 53.9. The Morgan fingerprint density at radius 3 is 1.07 bits per heavy atom. The van der Waals surface area contributed by atoms with Gasteiger partial charge >= 0.3 is 0 Å². The number of carbonyl (C=O) groups is 2. The summed E-state index contributed by atoms with van der Waals surface area (Å²) in [6, 6.07) is 0. The third-order valence-corrected chi connectivity index (χ3v) is 18.6. The Balaban J connectivity index is 1.22. The lowest BCUT2D eigenvalue weighted by molar-refractivity contribution is -0.221. The predicted octanol–water partition coefficient (Wildman–Crippen LogP) is 7.09. The van der Waals surface area contributed by atoms with Crippen molar-refractivity contribution in [2.45, 2.75) is 31.1 Å². The lowest BCUT2D eigenvalue weighted by atomic mass is 9.44. The highest BCUT2D eigenvalue weighted by atomic mass is 35.5. The van der Waals surface area contributed by atoms with Crippen LogP contribution < -0.4 is 0 Å². The van der Waals surface area contributed by atoms with Gasteiger partial charge in [0.1, 0.15) is 19.5 Å². The zero-order valence-corrected chi connectivity index (χ0v) is 30.6. The van der Waals surface area contributed by atoms with Gasteiger partial charge in [-0.1, -0.05) is 70.7 Å². The van der Waals surface area contributed by atoms with Gasteiger partial charge in [0.05, 0.1) is 20.1 Å². The minimum atomic E-state index is -1.67. The Bertz CT molecular complexity index is 1610. The van der Waals surface area contributed by atoms with Crippen LogP contribution in [-0.2, 0) is 28.5 Å². The second-order valence-electron chi connectivity index (χ2n) is 13.8. The molecule has 0 unspecified atom stereocenters. The fraction of sp³-hybridized carbons (Fsp3) is 0.625. The molecule has 11 rings (SSSR count). The van der Waals surface area contributed by atoms with Crippen molar-refractivity contribution >= 4 is 104 Å². The average molecular weight is 790 g/mol. The van der Waals surface area contributed by atoms with Crippen LogP contribution in [0.1, 0.15) is 0 Å². The Hall–Kier alpha value is 0.200. The number of hydrogen-bond acceptors (Lipinski definition) is 6. The van der Waals surface area contributed by atoms with Gasteiger partial charge in [0.2, 0.25) is 11.6 Å². The number of methoxy groups -OCH3 is 4. The van der Waals surface area contributed by atoms with Crippen LogP contribution >= 0.6 is 92.8 Å². The summed E-state index contributed by atoms with van der Waals surface area (Å²) in [6.07, 6.45) is 7.81. The number of hydrogen-bond donors (Lipinski definition) is 0. The number of ketones is 2. The van der Waals surface area contributed by atoms with Crippen LogP contribution in [0, 0.1) is 59.2 Å². The first kappa shape index (κ1) is 32.1. The van der Waals surface area contributed by atoms with E-state index in [-0.39, 0.29) is 31.7 Å². The topological polar surface area (TPSA) is 71.1 Å². The number of alkyl halides is 4. The quantitative estimate of drug-likeness (QED) is 0.172. The largest absolute Gasteiger partial charge is 0.350 e. The Kier molecular flexibility index (Phi) is 6.40. The van der Waals surface area contributed by atoms with E-state index in [1.165, 1.54) is 28.4 Å². The molecule has 46 heavy (non-hydrogen) atoms. The van der Waals surface area contributed by atoms with E-state index in [1.54, 1.807) is 0 Å². The van der Waals surface area contributed by atoms with Crippen molar-refractivity contribution in [3.63, 3.8) is 0 Å². The van der Waals surface area contributed by atoms with Crippen LogP contribution in [0.3, 0.4) is 0 Å². The zero-order valence-electron chi connectivity index (χ0n) is 24.6. The molecule has 11 aliphatic rings. The van der Waals surface area contributed by atoms with Crippen LogP contribution in [0.15, 0.2) is 55.6 Å². The van der Waals surface area contributed by atoms with Gasteiger partial charge in [-0.2, -0.15) is 0 Å². The Labute approximate surface area is 305 Å². The number of fused-ring (bicyclic) bond motifs is 4. The van der Waals surface area contributed by atoms with Crippen molar-refractivity contribution in [1.29, 1.82) is 0 Å². The molecule has 0 radical (unpaired) electrons. The number of Topliss-reactive ketones (excluding diaryl/α,β-unsaturated/α-hetero) is 2. The molecule has 14 atom stereocenters. The molecule has 14 heteroatoms. The molecule has 0 N–H and O–H groups in total. The molecule has 0 aromatic carbocycles. The summed E-state index contributed by atoms with van der Waals surface area (Å²) >= 11 is 57.6. The smallest absolute Gasteiger partial charge is 0.217 e. The summed E-state index contributed by atoms with van der Waals surface area (Å²) < 4.78 is 24.0. The van der Waals surface area contributed by atoms with Crippen molar-refractivity contribution in [1.82, 2.24) is 0 Å². The molecule has 0 aliphatic heterocycles. The molecule has 3 saturated carbocycles. The van der Waals surface area contributed by atoms with Crippen LogP contribution in [0.2, 0.25) is 0 Å². The number of allylic oxidation sites excluding steroid dienone is 6. The molecule has 3 fully saturated rings. The van der Waals surface area contributed by atoms with Crippen LogP contribution in [-0.4, -0.2) is 71.1 Å². The van der Waals surface area contributed by atoms with Crippen molar-refractivity contribution < 1.29 is 28.5 Å². The van der Waals surface area contributed by atoms with Gasteiger partial charge in [0, 0.05) is 86.9 Å². The molecule has 0 heterocycles. The zero-order chi connectivity index (χ0) is 33.0. The molecule has 11 aliphatic carbocycles. The van der Waals surface area contributed by atoms with E-state index in [9.17, 15) is 0 Å². The van der Waals surface area contributed by atoms with Crippen molar-refractivity contribution in [2.24, 2.45) is 59.2 Å². The first-order valence-electron chi connectivity index (χ1n) is 14.9. The predicted molar refractivity (Wildman–Crippen MR) is 176 cm³/mol. The summed E-state index contributed by atoms with van der Waals surface area (Å²) in [6.45, 7) is 0. The fourth-order valence-corrected chi connectivity index (χ4v) is 16.8. The highest BCUT2D eigenvalue weighted by Gasteiger charge is 2.90. The standard InChI is InChI=1S/C32H26Cl8O6/c1-43-31(44-2)27(37)17-9-5-6-10(18(17)28(31,38)24(34)23(27)33)14-13(9)21(41)15-11-7-8-12(16(15)22(14)42)20-19(11)29(39)25(35)26(36)30(20,40)32(29,45-3)46-4/h5-14,17-20H,1-4H3/t9-,10+,11-,12+,13+,14-,17-,18+,19-,20+,27-,28+,29-,30+. The van der Waals surface area contributed by atoms with Gasteiger partial charge in [0.15, 0.2) is 11.6 Å². The van der Waals surface area contributed by atoms with Crippen molar-refractivity contribution in [3.8, 4) is 0 Å². The monoisotopic (exact) mass is 786 g/mol. The highest BCUT2D eigenvalue weighted by molar-refractivity contribution is 6.53. The Morgan fingerprint density at radius 1 is 0.500 bits per heavy atom. The second-order valence-corrected chi connectivity index (χ2v) is 17.7. The van der Waals surface area contributed by atoms with Crippen LogP contribution in [0.5, 0.6) is 0 Å². The first-order valence-corrected chi connectivity index (χ1v) is 18.0. The lowest BCUT2D eigenvalue weighted by Crippen LogP contribution is -2.63. The van der Waals surface area contributed by atoms with Gasteiger partial charge in [0.25, 0.3) is 0 Å². The van der Waals surface area contributed by atoms with E-state index in [0.29, 0.717) is 11.1 Å². The first-order chi connectivity index (χ1) is 21.6. The lowest BCUT2D eigenvalue weighted by Gasteiger charge is -2.59. The van der Waals surface area contributed by atoms with E-state index < -0.39 is 90.2 Å². The molecular weight excluding hydrogens is 764 g/mol. The van der Waals surface area contributed by atoms with Gasteiger partial charge in [-0.3, -0.25) is 9.59 Å². The Morgan fingerprint density at radius 2 is 0.783 bits per heavy atom. The van der Waals surface area contributed by atoms with E-state index in [1.807, 2.05) is 24.3 Å². The second kappa shape index (κ2) is 9.16. The van der Waals surface area contributed by atoms with Crippen LogP contribution in [0.25, 0.3) is 0 Å². The molecule has 6 nitrogen and oxygen atoms in total. The third-order valence-electron chi connectivity index (χ3n) is 13.3. The number of ether oxygens (including phenoxy) is 4. The summed E-state index contributed by atoms with van der Waals surface area (Å²) in [5.74, 6) is -9.54. The summed E-state index contributed by atoms with van der Waals surface area (Å²) in [4.78, 5) is 24.0. The van der Waals surface area contributed by atoms with E-state index >= 15 is 9.59 Å². The average Bonchev–Trinajstić information content (AvgIpc) is 3.49. The van der Waals surface area contributed by atoms with Gasteiger partial charge in [-0.15, -0.1) is 46.4 Å². The van der Waals surface area contributed by atoms with Crippen molar-refractivity contribution in [3.05, 3.63) is 55.6 Å². The number of halogens is 8. The highest BCUT2D eigenvalue weighted by Crippen LogP contribution is 2.82. The minimum Gasteiger partial charge on any atom is -0.350 e. The molecule has 0 spiro atoms. The van der Waals surface area contributed by atoms with Crippen LogP contribution in [0.4, 0.5) is 0 Å². The van der Waals surface area contributed by atoms with Gasteiger partial charge in [-0.25, -0.2) is 0 Å². The maximum Gasteiger partial charge on any atom is 0.217 e. The fourth-order valence-electron chi connectivity index (χ4n) is 12.2. The summed E-state index contributed by atoms with van der Waals surface area (Å²) in [7, 11) is 5.76. The maximum absolute atomic E-state index is 15.1.